The Labute approximate surface area is 191 Å². The highest BCUT2D eigenvalue weighted by Crippen LogP contribution is 2.29. The van der Waals surface area contributed by atoms with Crippen LogP contribution in [0.25, 0.3) is 0 Å². The van der Waals surface area contributed by atoms with E-state index in [9.17, 15) is 9.18 Å². The van der Waals surface area contributed by atoms with E-state index in [2.05, 4.69) is 30.7 Å². The van der Waals surface area contributed by atoms with Crippen molar-refractivity contribution >= 4 is 29.0 Å². The number of rotatable bonds is 7. The molecule has 0 radical (unpaired) electrons. The number of fused-ring (bicyclic) bond motifs is 1. The molecule has 1 unspecified atom stereocenters. The minimum Gasteiger partial charge on any atom is -0.377 e. The molecule has 2 aromatic carbocycles. The number of nitrogens with zero attached hydrogens (tertiary/aromatic N) is 4. The zero-order valence-electron chi connectivity index (χ0n) is 18.7. The first-order chi connectivity index (χ1) is 15.9. The zero-order chi connectivity index (χ0) is 23.5. The van der Waals surface area contributed by atoms with Gasteiger partial charge in [0, 0.05) is 31.5 Å². The lowest BCUT2D eigenvalue weighted by Crippen LogP contribution is -2.26. The second-order valence-corrected chi connectivity index (χ2v) is 8.00. The molecule has 33 heavy (non-hydrogen) atoms. The third-order valence-corrected chi connectivity index (χ3v) is 5.66. The van der Waals surface area contributed by atoms with Crippen LogP contribution in [0.2, 0.25) is 0 Å². The topological polar surface area (TPSA) is 118 Å². The van der Waals surface area contributed by atoms with Crippen molar-refractivity contribution in [2.75, 3.05) is 31.3 Å². The Bertz CT molecular complexity index is 1190. The van der Waals surface area contributed by atoms with Crippen molar-refractivity contribution in [3.8, 4) is 0 Å². The van der Waals surface area contributed by atoms with Crippen LogP contribution in [-0.4, -0.2) is 46.7 Å². The molecule has 4 N–H and O–H groups in total. The Morgan fingerprint density at radius 1 is 1.18 bits per heavy atom. The molecular weight excluding hydrogens is 425 g/mol. The molecule has 172 valence electrons. The molecular formula is C23H26FN7O2. The second-order valence-electron chi connectivity index (χ2n) is 8.00. The van der Waals surface area contributed by atoms with Gasteiger partial charge >= 0.3 is 0 Å². The highest BCUT2D eigenvalue weighted by atomic mass is 19.1. The number of halogens is 1. The van der Waals surface area contributed by atoms with Gasteiger partial charge in [-0.3, -0.25) is 4.79 Å². The van der Waals surface area contributed by atoms with Crippen LogP contribution in [0.4, 0.5) is 27.5 Å². The maximum absolute atomic E-state index is 14.7. The first-order valence-electron chi connectivity index (χ1n) is 10.6. The lowest BCUT2D eigenvalue weighted by atomic mass is 9.99. The van der Waals surface area contributed by atoms with E-state index < -0.39 is 11.7 Å². The number of carbonyl (C=O) groups excluding carboxylic acids is 1. The summed E-state index contributed by atoms with van der Waals surface area (Å²) < 4.78 is 20.2. The molecule has 0 spiro atoms. The lowest BCUT2D eigenvalue weighted by Gasteiger charge is -2.25. The number of amides is 1. The summed E-state index contributed by atoms with van der Waals surface area (Å²) in [5.74, 6) is -1.06. The number of anilines is 4. The average Bonchev–Trinajstić information content (AvgIpc) is 2.79. The van der Waals surface area contributed by atoms with Gasteiger partial charge in [-0.1, -0.05) is 18.2 Å². The van der Waals surface area contributed by atoms with E-state index >= 15 is 0 Å². The minimum absolute atomic E-state index is 0.0304. The van der Waals surface area contributed by atoms with Crippen LogP contribution in [0, 0.1) is 5.82 Å². The van der Waals surface area contributed by atoms with E-state index in [1.165, 1.54) is 6.07 Å². The third kappa shape index (κ3) is 4.91. The first-order valence-corrected chi connectivity index (χ1v) is 10.6. The predicted molar refractivity (Wildman–Crippen MR) is 123 cm³/mol. The van der Waals surface area contributed by atoms with Gasteiger partial charge in [0.1, 0.15) is 5.82 Å². The predicted octanol–water partition coefficient (Wildman–Crippen LogP) is 3.29. The smallest absolute Gasteiger partial charge is 0.273 e. The number of carbonyl (C=O) groups is 1. The van der Waals surface area contributed by atoms with Gasteiger partial charge in [-0.05, 0) is 49.7 Å². The summed E-state index contributed by atoms with van der Waals surface area (Å²) in [7, 11) is 3.63. The molecule has 0 bridgehead atoms. The Balaban J connectivity index is 1.67. The van der Waals surface area contributed by atoms with Crippen LogP contribution in [0.3, 0.4) is 0 Å². The number of para-hydroxylation sites is 1. The Morgan fingerprint density at radius 2 is 1.97 bits per heavy atom. The molecule has 0 fully saturated rings. The molecule has 0 saturated heterocycles. The van der Waals surface area contributed by atoms with E-state index in [-0.39, 0.29) is 29.3 Å². The lowest BCUT2D eigenvalue weighted by molar-refractivity contribution is 0.0995. The van der Waals surface area contributed by atoms with Crippen molar-refractivity contribution in [1.82, 2.24) is 20.1 Å². The Kier molecular flexibility index (Phi) is 6.47. The minimum atomic E-state index is -0.788. The summed E-state index contributed by atoms with van der Waals surface area (Å²) in [4.78, 5) is 18.5. The number of hydrogen-bond acceptors (Lipinski definition) is 8. The van der Waals surface area contributed by atoms with Crippen molar-refractivity contribution < 1.29 is 13.9 Å². The van der Waals surface area contributed by atoms with Crippen molar-refractivity contribution in [3.63, 3.8) is 0 Å². The number of benzene rings is 2. The number of aromatic nitrogens is 3. The van der Waals surface area contributed by atoms with E-state index in [4.69, 9.17) is 10.5 Å². The average molecular weight is 452 g/mol. The fourth-order valence-electron chi connectivity index (χ4n) is 3.79. The van der Waals surface area contributed by atoms with Crippen LogP contribution in [0.15, 0.2) is 36.4 Å². The molecule has 1 aliphatic heterocycles. The number of methoxy groups -OCH3 is 1. The van der Waals surface area contributed by atoms with Crippen LogP contribution >= 0.6 is 0 Å². The molecule has 0 aliphatic carbocycles. The molecule has 0 saturated carbocycles. The fraction of sp³-hybridized carbons (Fsp3) is 0.304. The molecule has 1 amide bonds. The Hall–Kier alpha value is -3.63. The molecule has 4 rings (SSSR count). The number of nitrogens with one attached hydrogen (secondary N) is 2. The van der Waals surface area contributed by atoms with Crippen LogP contribution in [0.1, 0.15) is 40.2 Å². The first kappa shape index (κ1) is 22.6. The van der Waals surface area contributed by atoms with Crippen molar-refractivity contribution in [1.29, 1.82) is 0 Å². The van der Waals surface area contributed by atoms with E-state index in [1.54, 1.807) is 13.2 Å². The summed E-state index contributed by atoms with van der Waals surface area (Å²) in [5.41, 5.74) is 9.13. The monoisotopic (exact) mass is 451 g/mol. The number of ether oxygens (including phenoxy) is 1. The third-order valence-electron chi connectivity index (χ3n) is 5.66. The number of hydrogen-bond donors (Lipinski definition) is 3. The van der Waals surface area contributed by atoms with Gasteiger partial charge in [-0.2, -0.15) is 4.98 Å². The van der Waals surface area contributed by atoms with Gasteiger partial charge in [0.2, 0.25) is 5.95 Å². The normalized spacial score (nSPS) is 14.4. The molecule has 1 aliphatic rings. The molecule has 1 atom stereocenters. The Morgan fingerprint density at radius 3 is 2.73 bits per heavy atom. The van der Waals surface area contributed by atoms with Crippen LogP contribution < -0.4 is 16.4 Å². The summed E-state index contributed by atoms with van der Waals surface area (Å²) in [6, 6.07) is 10.7. The maximum atomic E-state index is 14.7. The van der Waals surface area contributed by atoms with Gasteiger partial charge in [0.05, 0.1) is 11.8 Å². The van der Waals surface area contributed by atoms with E-state index in [0.29, 0.717) is 5.69 Å². The van der Waals surface area contributed by atoms with Crippen LogP contribution in [-0.2, 0) is 17.7 Å². The summed E-state index contributed by atoms with van der Waals surface area (Å²) in [6.45, 7) is 3.52. The highest BCUT2D eigenvalue weighted by Gasteiger charge is 2.20. The standard InChI is InChI=1S/C23H26FN7O2/c1-13(33-3)16-6-4-5-7-18(16)26-22-20(21(25)32)29-30-23(28-22)27-19-11-15-12-31(2)9-8-14(15)10-17(19)24/h4-7,10-11,13H,8-9,12H2,1-3H3,(H2,25,32)(H2,26,27,28,30). The molecule has 9 nitrogen and oxygen atoms in total. The fourth-order valence-corrected chi connectivity index (χ4v) is 3.79. The van der Waals surface area contributed by atoms with E-state index in [1.807, 2.05) is 38.2 Å². The van der Waals surface area contributed by atoms with Gasteiger partial charge in [0.25, 0.3) is 5.91 Å². The van der Waals surface area contributed by atoms with Crippen molar-refractivity contribution in [3.05, 3.63) is 64.6 Å². The quantitative estimate of drug-likeness (QED) is 0.501. The molecule has 3 aromatic rings. The number of primary amides is 1. The van der Waals surface area contributed by atoms with Gasteiger partial charge in [-0.25, -0.2) is 4.39 Å². The summed E-state index contributed by atoms with van der Waals surface area (Å²) in [6.07, 6.45) is 0.586. The zero-order valence-corrected chi connectivity index (χ0v) is 18.7. The highest BCUT2D eigenvalue weighted by molar-refractivity contribution is 5.96. The van der Waals surface area contributed by atoms with Crippen molar-refractivity contribution in [2.24, 2.45) is 5.73 Å². The second kappa shape index (κ2) is 9.47. The summed E-state index contributed by atoms with van der Waals surface area (Å²) in [5, 5.41) is 13.8. The van der Waals surface area contributed by atoms with Crippen LogP contribution in [0.5, 0.6) is 0 Å². The summed E-state index contributed by atoms with van der Waals surface area (Å²) >= 11 is 0. The number of likely N-dealkylation sites (N-methyl/N-ethyl adjacent to an activating group) is 1. The van der Waals surface area contributed by atoms with E-state index in [0.717, 1.165) is 36.2 Å². The molecule has 2 heterocycles. The molecule has 10 heteroatoms. The largest absolute Gasteiger partial charge is 0.377 e. The number of nitrogens with two attached hydrogens (primary N) is 1. The SMILES string of the molecule is COC(C)c1ccccc1Nc1nc(Nc2cc3c(cc2F)CCN(C)C3)nnc1C(N)=O. The van der Waals surface area contributed by atoms with Gasteiger partial charge < -0.3 is 26.0 Å². The van der Waals surface area contributed by atoms with Gasteiger partial charge in [0.15, 0.2) is 11.5 Å². The van der Waals surface area contributed by atoms with Crippen molar-refractivity contribution in [2.45, 2.75) is 26.0 Å². The molecule has 1 aromatic heterocycles. The van der Waals surface area contributed by atoms with Gasteiger partial charge in [-0.15, -0.1) is 10.2 Å². The maximum Gasteiger partial charge on any atom is 0.273 e.